The maximum absolute atomic E-state index is 12.4. The second-order valence-corrected chi connectivity index (χ2v) is 7.41. The highest BCUT2D eigenvalue weighted by Crippen LogP contribution is 2.37. The van der Waals surface area contributed by atoms with E-state index in [1.165, 1.54) is 0 Å². The number of rotatable bonds is 4. The van der Waals surface area contributed by atoms with Crippen molar-refractivity contribution in [3.8, 4) is 5.75 Å². The van der Waals surface area contributed by atoms with Gasteiger partial charge in [0.1, 0.15) is 11.4 Å². The number of hydrogen-bond donors (Lipinski definition) is 1. The number of carbonyl (C=O) groups excluding carboxylic acids is 1. The molecule has 2 aromatic rings. The molecule has 3 rings (SSSR count). The SMILES string of the molecule is COc1ccc(C2OCC(c3ccccc3)N2NC(=O)OC(C)(C)C)cc1. The largest absolute Gasteiger partial charge is 0.497 e. The lowest BCUT2D eigenvalue weighted by molar-refractivity contribution is -0.0179. The fourth-order valence-electron chi connectivity index (χ4n) is 3.01. The number of nitrogens with one attached hydrogen (secondary N) is 1. The van der Waals surface area contributed by atoms with E-state index < -0.39 is 17.9 Å². The van der Waals surface area contributed by atoms with E-state index in [2.05, 4.69) is 5.43 Å². The Morgan fingerprint density at radius 3 is 2.33 bits per heavy atom. The van der Waals surface area contributed by atoms with Crippen LogP contribution in [-0.2, 0) is 9.47 Å². The van der Waals surface area contributed by atoms with Crippen LogP contribution in [0, 0.1) is 0 Å². The third-order valence-electron chi connectivity index (χ3n) is 4.20. The molecular weight excluding hydrogens is 344 g/mol. The molecule has 6 nitrogen and oxygen atoms in total. The van der Waals surface area contributed by atoms with Crippen LogP contribution in [0.15, 0.2) is 54.6 Å². The second-order valence-electron chi connectivity index (χ2n) is 7.41. The minimum atomic E-state index is -0.581. The van der Waals surface area contributed by atoms with Crippen molar-refractivity contribution in [3.05, 3.63) is 65.7 Å². The summed E-state index contributed by atoms with van der Waals surface area (Å²) in [6.45, 7) is 5.96. The Morgan fingerprint density at radius 1 is 1.07 bits per heavy atom. The number of ether oxygens (including phenoxy) is 3. The van der Waals surface area contributed by atoms with Gasteiger partial charge in [-0.15, -0.1) is 0 Å². The predicted molar refractivity (Wildman–Crippen MR) is 102 cm³/mol. The highest BCUT2D eigenvalue weighted by atomic mass is 16.6. The third kappa shape index (κ3) is 4.78. The number of benzene rings is 2. The highest BCUT2D eigenvalue weighted by molar-refractivity contribution is 5.67. The average Bonchev–Trinajstić information content (AvgIpc) is 3.04. The smallest absolute Gasteiger partial charge is 0.422 e. The molecule has 1 heterocycles. The van der Waals surface area contributed by atoms with Crippen molar-refractivity contribution < 1.29 is 19.0 Å². The van der Waals surface area contributed by atoms with Crippen LogP contribution >= 0.6 is 0 Å². The van der Waals surface area contributed by atoms with Crippen molar-refractivity contribution >= 4 is 6.09 Å². The van der Waals surface area contributed by atoms with E-state index in [-0.39, 0.29) is 6.04 Å². The van der Waals surface area contributed by atoms with Crippen LogP contribution in [0.4, 0.5) is 4.79 Å². The Kier molecular flexibility index (Phi) is 5.68. The van der Waals surface area contributed by atoms with Crippen molar-refractivity contribution in [3.63, 3.8) is 0 Å². The lowest BCUT2D eigenvalue weighted by Gasteiger charge is -2.30. The Bertz CT molecular complexity index is 756. The molecule has 1 fully saturated rings. The maximum Gasteiger partial charge on any atom is 0.422 e. The maximum atomic E-state index is 12.4. The number of hydrogen-bond acceptors (Lipinski definition) is 5. The molecule has 0 radical (unpaired) electrons. The monoisotopic (exact) mass is 370 g/mol. The first-order valence-electron chi connectivity index (χ1n) is 8.96. The lowest BCUT2D eigenvalue weighted by atomic mass is 10.1. The summed E-state index contributed by atoms with van der Waals surface area (Å²) in [5, 5.41) is 1.81. The summed E-state index contributed by atoms with van der Waals surface area (Å²) >= 11 is 0. The van der Waals surface area contributed by atoms with Gasteiger partial charge in [0.05, 0.1) is 19.8 Å². The first kappa shape index (κ1) is 19.2. The van der Waals surface area contributed by atoms with Crippen molar-refractivity contribution in [1.29, 1.82) is 0 Å². The first-order chi connectivity index (χ1) is 12.9. The summed E-state index contributed by atoms with van der Waals surface area (Å²) in [7, 11) is 1.63. The van der Waals surface area contributed by atoms with Gasteiger partial charge in [0.25, 0.3) is 0 Å². The summed E-state index contributed by atoms with van der Waals surface area (Å²) < 4.78 is 16.7. The van der Waals surface area contributed by atoms with Crippen LogP contribution in [0.5, 0.6) is 5.75 Å². The molecule has 0 aliphatic carbocycles. The molecule has 2 atom stereocenters. The quantitative estimate of drug-likeness (QED) is 0.874. The molecule has 0 spiro atoms. The molecule has 1 N–H and O–H groups in total. The number of methoxy groups -OCH3 is 1. The van der Waals surface area contributed by atoms with Gasteiger partial charge in [0.2, 0.25) is 0 Å². The van der Waals surface area contributed by atoms with Gasteiger partial charge in [-0.05, 0) is 44.0 Å². The summed E-state index contributed by atoms with van der Waals surface area (Å²) in [5.74, 6) is 0.767. The lowest BCUT2D eigenvalue weighted by Crippen LogP contribution is -2.45. The van der Waals surface area contributed by atoms with E-state index in [0.717, 1.165) is 16.9 Å². The molecule has 1 saturated heterocycles. The van der Waals surface area contributed by atoms with Crippen LogP contribution in [-0.4, -0.2) is 30.4 Å². The molecule has 2 aromatic carbocycles. The first-order valence-corrected chi connectivity index (χ1v) is 8.96. The zero-order valence-electron chi connectivity index (χ0n) is 16.1. The summed E-state index contributed by atoms with van der Waals surface area (Å²) in [5.41, 5.74) is 4.28. The van der Waals surface area contributed by atoms with Crippen molar-refractivity contribution in [2.45, 2.75) is 38.6 Å². The second kappa shape index (κ2) is 7.98. The van der Waals surface area contributed by atoms with E-state index >= 15 is 0 Å². The Hall–Kier alpha value is -2.57. The molecule has 27 heavy (non-hydrogen) atoms. The molecule has 0 bridgehead atoms. The number of nitrogens with zero attached hydrogens (tertiary/aromatic N) is 1. The third-order valence-corrected chi connectivity index (χ3v) is 4.20. The van der Waals surface area contributed by atoms with Gasteiger partial charge in [-0.3, -0.25) is 5.43 Å². The van der Waals surface area contributed by atoms with Gasteiger partial charge in [0.15, 0.2) is 6.23 Å². The molecule has 6 heteroatoms. The van der Waals surface area contributed by atoms with Gasteiger partial charge in [-0.25, -0.2) is 4.79 Å². The molecule has 0 saturated carbocycles. The Labute approximate surface area is 160 Å². The number of hydrazine groups is 1. The fourth-order valence-corrected chi connectivity index (χ4v) is 3.01. The van der Waals surface area contributed by atoms with Gasteiger partial charge < -0.3 is 14.2 Å². The van der Waals surface area contributed by atoms with Crippen molar-refractivity contribution in [2.24, 2.45) is 0 Å². The fraction of sp³-hybridized carbons (Fsp3) is 0.381. The van der Waals surface area contributed by atoms with Gasteiger partial charge in [0, 0.05) is 0 Å². The molecule has 1 aliphatic rings. The van der Waals surface area contributed by atoms with E-state index in [9.17, 15) is 4.79 Å². The molecule has 0 aromatic heterocycles. The van der Waals surface area contributed by atoms with E-state index in [4.69, 9.17) is 14.2 Å². The zero-order chi connectivity index (χ0) is 19.4. The van der Waals surface area contributed by atoms with Crippen LogP contribution in [0.1, 0.15) is 44.2 Å². The van der Waals surface area contributed by atoms with Crippen LogP contribution < -0.4 is 10.2 Å². The predicted octanol–water partition coefficient (Wildman–Crippen LogP) is 4.21. The van der Waals surface area contributed by atoms with Crippen molar-refractivity contribution in [1.82, 2.24) is 10.4 Å². The standard InChI is InChI=1S/C21H26N2O4/c1-21(2,3)27-20(24)22-23-18(15-8-6-5-7-9-15)14-26-19(23)16-10-12-17(25-4)13-11-16/h5-13,18-19H,14H2,1-4H3,(H,22,24). The Morgan fingerprint density at radius 2 is 1.74 bits per heavy atom. The normalized spacial score (nSPS) is 20.3. The number of amides is 1. The summed E-state index contributed by atoms with van der Waals surface area (Å²) in [4.78, 5) is 12.4. The number of carbonyl (C=O) groups is 1. The minimum absolute atomic E-state index is 0.120. The van der Waals surface area contributed by atoms with Crippen LogP contribution in [0.25, 0.3) is 0 Å². The van der Waals surface area contributed by atoms with Crippen LogP contribution in [0.2, 0.25) is 0 Å². The van der Waals surface area contributed by atoms with E-state index in [1.54, 1.807) is 7.11 Å². The average molecular weight is 370 g/mol. The molecule has 144 valence electrons. The highest BCUT2D eigenvalue weighted by Gasteiger charge is 2.38. The van der Waals surface area contributed by atoms with Crippen molar-refractivity contribution in [2.75, 3.05) is 13.7 Å². The topological polar surface area (TPSA) is 60.0 Å². The van der Waals surface area contributed by atoms with Gasteiger partial charge in [-0.2, -0.15) is 5.01 Å². The van der Waals surface area contributed by atoms with Crippen LogP contribution in [0.3, 0.4) is 0 Å². The van der Waals surface area contributed by atoms with Gasteiger partial charge in [-0.1, -0.05) is 42.5 Å². The van der Waals surface area contributed by atoms with Gasteiger partial charge >= 0.3 is 6.09 Å². The summed E-state index contributed by atoms with van der Waals surface area (Å²) in [6, 6.07) is 17.4. The molecule has 1 amide bonds. The molecule has 2 unspecified atom stereocenters. The molecule has 1 aliphatic heterocycles. The van der Waals surface area contributed by atoms with E-state index in [1.807, 2.05) is 80.4 Å². The summed E-state index contributed by atoms with van der Waals surface area (Å²) in [6.07, 6.45) is -0.930. The minimum Gasteiger partial charge on any atom is -0.497 e. The zero-order valence-corrected chi connectivity index (χ0v) is 16.1. The molecular formula is C21H26N2O4. The van der Waals surface area contributed by atoms with E-state index in [0.29, 0.717) is 6.61 Å². The Balaban J connectivity index is 1.86.